The molecule has 1 heterocycles. The van der Waals surface area contributed by atoms with E-state index < -0.39 is 0 Å². The molecular weight excluding hydrogens is 263 g/mol. The van der Waals surface area contributed by atoms with Crippen LogP contribution in [-0.4, -0.2) is 4.57 Å². The highest BCUT2D eigenvalue weighted by Gasteiger charge is 2.11. The van der Waals surface area contributed by atoms with Crippen LogP contribution < -0.4 is 0 Å². The van der Waals surface area contributed by atoms with E-state index in [1.165, 1.54) is 17.7 Å². The van der Waals surface area contributed by atoms with Crippen LogP contribution in [0.4, 0.5) is 4.39 Å². The van der Waals surface area contributed by atoms with E-state index in [2.05, 4.69) is 23.6 Å². The van der Waals surface area contributed by atoms with Crippen LogP contribution in [0.15, 0.2) is 48.7 Å². The van der Waals surface area contributed by atoms with E-state index in [1.807, 2.05) is 18.3 Å². The SMILES string of the molecule is CCc1cccc2c(C#N)cn(Cc3ccc(F)cc3)c12. The largest absolute Gasteiger partial charge is 0.341 e. The monoisotopic (exact) mass is 278 g/mol. The van der Waals surface area contributed by atoms with Gasteiger partial charge in [-0.25, -0.2) is 4.39 Å². The Morgan fingerprint density at radius 1 is 1.14 bits per heavy atom. The highest BCUT2D eigenvalue weighted by Crippen LogP contribution is 2.25. The van der Waals surface area contributed by atoms with Gasteiger partial charge in [-0.15, -0.1) is 0 Å². The number of hydrogen-bond donors (Lipinski definition) is 0. The van der Waals surface area contributed by atoms with Crippen molar-refractivity contribution >= 4 is 10.9 Å². The van der Waals surface area contributed by atoms with Gasteiger partial charge in [-0.1, -0.05) is 37.3 Å². The van der Waals surface area contributed by atoms with Gasteiger partial charge >= 0.3 is 0 Å². The number of halogens is 1. The maximum absolute atomic E-state index is 13.0. The lowest BCUT2D eigenvalue weighted by Gasteiger charge is -2.09. The van der Waals surface area contributed by atoms with Gasteiger partial charge in [0.1, 0.15) is 11.9 Å². The van der Waals surface area contributed by atoms with E-state index in [0.717, 1.165) is 22.9 Å². The summed E-state index contributed by atoms with van der Waals surface area (Å²) in [6.45, 7) is 2.74. The number of para-hydroxylation sites is 1. The molecule has 0 amide bonds. The molecule has 3 rings (SSSR count). The predicted octanol–water partition coefficient (Wildman–Crippen LogP) is 4.26. The number of aromatic nitrogens is 1. The average molecular weight is 278 g/mol. The van der Waals surface area contributed by atoms with Crippen molar-refractivity contribution in [2.75, 3.05) is 0 Å². The fraction of sp³-hybridized carbons (Fsp3) is 0.167. The minimum absolute atomic E-state index is 0.233. The first-order valence-electron chi connectivity index (χ1n) is 6.98. The molecule has 0 saturated heterocycles. The molecule has 2 aromatic carbocycles. The molecule has 3 heteroatoms. The van der Waals surface area contributed by atoms with Crippen LogP contribution in [0, 0.1) is 17.1 Å². The topological polar surface area (TPSA) is 28.7 Å². The van der Waals surface area contributed by atoms with E-state index in [1.54, 1.807) is 12.1 Å². The van der Waals surface area contributed by atoms with E-state index in [0.29, 0.717) is 12.1 Å². The van der Waals surface area contributed by atoms with Crippen LogP contribution in [0.2, 0.25) is 0 Å². The summed E-state index contributed by atoms with van der Waals surface area (Å²) in [5.74, 6) is -0.233. The molecular formula is C18H15FN2. The zero-order chi connectivity index (χ0) is 14.8. The minimum Gasteiger partial charge on any atom is -0.341 e. The molecule has 0 unspecified atom stereocenters. The van der Waals surface area contributed by atoms with Crippen LogP contribution in [0.25, 0.3) is 10.9 Å². The molecule has 0 N–H and O–H groups in total. The summed E-state index contributed by atoms with van der Waals surface area (Å²) in [4.78, 5) is 0. The van der Waals surface area contributed by atoms with Crippen LogP contribution in [-0.2, 0) is 13.0 Å². The van der Waals surface area contributed by atoms with Gasteiger partial charge in [0.05, 0.1) is 11.1 Å². The fourth-order valence-electron chi connectivity index (χ4n) is 2.72. The Hall–Kier alpha value is -2.60. The first-order chi connectivity index (χ1) is 10.2. The van der Waals surface area contributed by atoms with Crippen molar-refractivity contribution in [1.82, 2.24) is 4.57 Å². The zero-order valence-electron chi connectivity index (χ0n) is 11.8. The van der Waals surface area contributed by atoms with Gasteiger partial charge in [0.15, 0.2) is 0 Å². The number of nitrogens with zero attached hydrogens (tertiary/aromatic N) is 2. The van der Waals surface area contributed by atoms with Crippen molar-refractivity contribution in [3.05, 3.63) is 71.2 Å². The lowest BCUT2D eigenvalue weighted by atomic mass is 10.1. The molecule has 0 fully saturated rings. The van der Waals surface area contributed by atoms with E-state index in [4.69, 9.17) is 0 Å². The number of hydrogen-bond acceptors (Lipinski definition) is 1. The van der Waals surface area contributed by atoms with Gasteiger partial charge in [0.2, 0.25) is 0 Å². The van der Waals surface area contributed by atoms with Crippen molar-refractivity contribution < 1.29 is 4.39 Å². The summed E-state index contributed by atoms with van der Waals surface area (Å²) in [5, 5.41) is 10.3. The Balaban J connectivity index is 2.13. The molecule has 1 aromatic heterocycles. The van der Waals surface area contributed by atoms with Crippen LogP contribution in [0.1, 0.15) is 23.6 Å². The number of nitriles is 1. The van der Waals surface area contributed by atoms with Crippen molar-refractivity contribution in [2.24, 2.45) is 0 Å². The van der Waals surface area contributed by atoms with E-state index in [-0.39, 0.29) is 5.82 Å². The van der Waals surface area contributed by atoms with Gasteiger partial charge in [0.25, 0.3) is 0 Å². The van der Waals surface area contributed by atoms with Gasteiger partial charge in [-0.3, -0.25) is 0 Å². The third kappa shape index (κ3) is 2.41. The normalized spacial score (nSPS) is 10.7. The Labute approximate surface area is 123 Å². The van der Waals surface area contributed by atoms with Crippen molar-refractivity contribution in [3.63, 3.8) is 0 Å². The maximum atomic E-state index is 13.0. The molecule has 0 saturated carbocycles. The fourth-order valence-corrected chi connectivity index (χ4v) is 2.72. The predicted molar refractivity (Wildman–Crippen MR) is 81.5 cm³/mol. The molecule has 0 aliphatic heterocycles. The molecule has 21 heavy (non-hydrogen) atoms. The molecule has 2 nitrogen and oxygen atoms in total. The van der Waals surface area contributed by atoms with Crippen molar-refractivity contribution in [3.8, 4) is 6.07 Å². The summed E-state index contributed by atoms with van der Waals surface area (Å²) in [7, 11) is 0. The summed E-state index contributed by atoms with van der Waals surface area (Å²) in [5.41, 5.74) is 4.02. The Bertz CT molecular complexity index is 823. The van der Waals surface area contributed by atoms with Crippen LogP contribution >= 0.6 is 0 Å². The van der Waals surface area contributed by atoms with Crippen LogP contribution in [0.3, 0.4) is 0 Å². The number of fused-ring (bicyclic) bond motifs is 1. The second kappa shape index (κ2) is 5.41. The first-order valence-corrected chi connectivity index (χ1v) is 6.98. The number of aryl methyl sites for hydroxylation is 1. The molecule has 0 aliphatic rings. The Morgan fingerprint density at radius 2 is 1.90 bits per heavy atom. The van der Waals surface area contributed by atoms with Gasteiger partial charge in [-0.05, 0) is 29.7 Å². The molecule has 0 atom stereocenters. The standard InChI is InChI=1S/C18H15FN2/c1-2-14-4-3-5-17-15(10-20)12-21(18(14)17)11-13-6-8-16(19)9-7-13/h3-9,12H,2,11H2,1H3. The first kappa shape index (κ1) is 13.4. The molecule has 104 valence electrons. The lowest BCUT2D eigenvalue weighted by Crippen LogP contribution is -2.00. The molecule has 0 spiro atoms. The van der Waals surface area contributed by atoms with Crippen molar-refractivity contribution in [2.45, 2.75) is 19.9 Å². The Kier molecular flexibility index (Phi) is 3.45. The van der Waals surface area contributed by atoms with Gasteiger partial charge in [0, 0.05) is 18.1 Å². The summed E-state index contributed by atoms with van der Waals surface area (Å²) in [6, 6.07) is 14.8. The minimum atomic E-state index is -0.233. The quantitative estimate of drug-likeness (QED) is 0.703. The van der Waals surface area contributed by atoms with Gasteiger partial charge < -0.3 is 4.57 Å². The third-order valence-corrected chi connectivity index (χ3v) is 3.75. The number of rotatable bonds is 3. The molecule has 0 radical (unpaired) electrons. The Morgan fingerprint density at radius 3 is 2.57 bits per heavy atom. The van der Waals surface area contributed by atoms with Crippen molar-refractivity contribution in [1.29, 1.82) is 5.26 Å². The van der Waals surface area contributed by atoms with Crippen LogP contribution in [0.5, 0.6) is 0 Å². The third-order valence-electron chi connectivity index (χ3n) is 3.75. The molecule has 0 aliphatic carbocycles. The summed E-state index contributed by atoms with van der Waals surface area (Å²) in [6.07, 6.45) is 2.79. The highest BCUT2D eigenvalue weighted by atomic mass is 19.1. The highest BCUT2D eigenvalue weighted by molar-refractivity contribution is 5.89. The average Bonchev–Trinajstić information content (AvgIpc) is 2.87. The zero-order valence-corrected chi connectivity index (χ0v) is 11.8. The smallest absolute Gasteiger partial charge is 0.123 e. The lowest BCUT2D eigenvalue weighted by molar-refractivity contribution is 0.626. The second-order valence-electron chi connectivity index (χ2n) is 5.08. The van der Waals surface area contributed by atoms with E-state index >= 15 is 0 Å². The molecule has 3 aromatic rings. The van der Waals surface area contributed by atoms with Gasteiger partial charge in [-0.2, -0.15) is 5.26 Å². The molecule has 0 bridgehead atoms. The number of benzene rings is 2. The maximum Gasteiger partial charge on any atom is 0.123 e. The summed E-state index contributed by atoms with van der Waals surface area (Å²) >= 11 is 0. The van der Waals surface area contributed by atoms with E-state index in [9.17, 15) is 9.65 Å². The summed E-state index contributed by atoms with van der Waals surface area (Å²) < 4.78 is 15.1. The second-order valence-corrected chi connectivity index (χ2v) is 5.08.